The second-order valence-electron chi connectivity index (χ2n) is 4.19. The maximum absolute atomic E-state index is 11.3. The Morgan fingerprint density at radius 3 is 3.00 bits per heavy atom. The Labute approximate surface area is 94.0 Å². The van der Waals surface area contributed by atoms with Crippen LogP contribution in [0.15, 0.2) is 4.63 Å². The van der Waals surface area contributed by atoms with Gasteiger partial charge in [0.2, 0.25) is 5.91 Å². The van der Waals surface area contributed by atoms with Gasteiger partial charge in [-0.3, -0.25) is 4.79 Å². The van der Waals surface area contributed by atoms with Gasteiger partial charge in [0.25, 0.3) is 0 Å². The summed E-state index contributed by atoms with van der Waals surface area (Å²) in [6.45, 7) is 3.26. The molecule has 0 spiro atoms. The van der Waals surface area contributed by atoms with E-state index in [4.69, 9.17) is 0 Å². The van der Waals surface area contributed by atoms with Gasteiger partial charge in [0.1, 0.15) is 11.4 Å². The highest BCUT2D eigenvalue weighted by Gasteiger charge is 2.22. The number of carbonyl (C=O) groups is 1. The lowest BCUT2D eigenvalue weighted by atomic mass is 10.1. The molecule has 0 saturated carbocycles. The summed E-state index contributed by atoms with van der Waals surface area (Å²) < 4.78 is 4.62. The van der Waals surface area contributed by atoms with Crippen LogP contribution in [0.3, 0.4) is 0 Å². The minimum absolute atomic E-state index is 0.220. The topological polar surface area (TPSA) is 71.3 Å². The second-order valence-corrected chi connectivity index (χ2v) is 4.19. The molecule has 1 aromatic heterocycles. The minimum atomic E-state index is 0.220. The zero-order valence-electron chi connectivity index (χ0n) is 9.56. The minimum Gasteiger partial charge on any atom is -0.344 e. The molecule has 1 atom stereocenters. The van der Waals surface area contributed by atoms with Gasteiger partial charge in [-0.2, -0.15) is 0 Å². The smallest absolute Gasteiger partial charge is 0.222 e. The van der Waals surface area contributed by atoms with Gasteiger partial charge in [-0.15, -0.1) is 0 Å². The first-order valence-corrected chi connectivity index (χ1v) is 5.42. The summed E-state index contributed by atoms with van der Waals surface area (Å²) in [6, 6.07) is 0.332. The Kier molecular flexibility index (Phi) is 3.19. The normalized spacial score (nSPS) is 21.5. The molecule has 1 N–H and O–H groups in total. The molecule has 1 aromatic rings. The van der Waals surface area contributed by atoms with Crippen LogP contribution in [0, 0.1) is 6.92 Å². The highest BCUT2D eigenvalue weighted by atomic mass is 16.6. The van der Waals surface area contributed by atoms with Crippen molar-refractivity contribution in [3.05, 3.63) is 11.4 Å². The van der Waals surface area contributed by atoms with Gasteiger partial charge in [-0.05, 0) is 13.3 Å². The highest BCUT2D eigenvalue weighted by molar-refractivity contribution is 5.76. The lowest BCUT2D eigenvalue weighted by Crippen LogP contribution is -2.46. The molecule has 88 valence electrons. The van der Waals surface area contributed by atoms with Crippen LogP contribution in [0.5, 0.6) is 0 Å². The molecule has 1 fully saturated rings. The number of aromatic nitrogens is 2. The summed E-state index contributed by atoms with van der Waals surface area (Å²) in [5.74, 6) is 0.220. The number of likely N-dealkylation sites (tertiary alicyclic amines) is 1. The molecule has 0 aliphatic carbocycles. The van der Waals surface area contributed by atoms with Crippen molar-refractivity contribution in [3.8, 4) is 0 Å². The molecule has 0 bridgehead atoms. The fraction of sp³-hybridized carbons (Fsp3) is 0.700. The van der Waals surface area contributed by atoms with Crippen molar-refractivity contribution in [2.45, 2.75) is 32.4 Å². The molecular formula is C10H16N4O2. The van der Waals surface area contributed by atoms with Crippen LogP contribution in [-0.4, -0.2) is 40.8 Å². The number of nitrogens with one attached hydrogen (secondary N) is 1. The van der Waals surface area contributed by atoms with Crippen LogP contribution < -0.4 is 5.32 Å². The van der Waals surface area contributed by atoms with E-state index in [9.17, 15) is 4.79 Å². The number of nitrogens with zero attached hydrogens (tertiary/aromatic N) is 3. The number of carbonyl (C=O) groups excluding carboxylic acids is 1. The summed E-state index contributed by atoms with van der Waals surface area (Å²) in [7, 11) is 1.83. The van der Waals surface area contributed by atoms with Crippen molar-refractivity contribution in [2.24, 2.45) is 0 Å². The molecular weight excluding hydrogens is 208 g/mol. The monoisotopic (exact) mass is 224 g/mol. The second kappa shape index (κ2) is 4.61. The van der Waals surface area contributed by atoms with Crippen molar-refractivity contribution in [1.82, 2.24) is 20.5 Å². The number of likely N-dealkylation sites (N-methyl/N-ethyl adjacent to an activating group) is 1. The average Bonchev–Trinajstić information content (AvgIpc) is 2.66. The van der Waals surface area contributed by atoms with Crippen molar-refractivity contribution < 1.29 is 9.42 Å². The van der Waals surface area contributed by atoms with Gasteiger partial charge in [0, 0.05) is 32.6 Å². The van der Waals surface area contributed by atoms with E-state index in [-0.39, 0.29) is 5.91 Å². The van der Waals surface area contributed by atoms with Gasteiger partial charge >= 0.3 is 0 Å². The number of aryl methyl sites for hydroxylation is 1. The first-order chi connectivity index (χ1) is 7.66. The van der Waals surface area contributed by atoms with Crippen LogP contribution in [0.2, 0.25) is 0 Å². The van der Waals surface area contributed by atoms with Crippen molar-refractivity contribution in [2.75, 3.05) is 13.6 Å². The SMILES string of the molecule is Cc1nonc1CNC1CCC(=O)N(C)C1. The molecule has 6 heteroatoms. The third kappa shape index (κ3) is 2.38. The summed E-state index contributed by atoms with van der Waals surface area (Å²) >= 11 is 0. The van der Waals surface area contributed by atoms with E-state index in [1.54, 1.807) is 4.90 Å². The van der Waals surface area contributed by atoms with E-state index in [0.717, 1.165) is 24.4 Å². The van der Waals surface area contributed by atoms with E-state index >= 15 is 0 Å². The van der Waals surface area contributed by atoms with E-state index in [1.165, 1.54) is 0 Å². The zero-order valence-corrected chi connectivity index (χ0v) is 9.56. The van der Waals surface area contributed by atoms with Crippen molar-refractivity contribution in [3.63, 3.8) is 0 Å². The number of hydrogen-bond donors (Lipinski definition) is 1. The van der Waals surface area contributed by atoms with Gasteiger partial charge in [0.15, 0.2) is 0 Å². The molecule has 0 radical (unpaired) electrons. The lowest BCUT2D eigenvalue weighted by molar-refractivity contribution is -0.132. The lowest BCUT2D eigenvalue weighted by Gasteiger charge is -2.30. The average molecular weight is 224 g/mol. The summed E-state index contributed by atoms with van der Waals surface area (Å²) in [5, 5.41) is 10.9. The Morgan fingerprint density at radius 2 is 2.38 bits per heavy atom. The Hall–Kier alpha value is -1.43. The standard InChI is InChI=1S/C10H16N4O2/c1-7-9(13-16-12-7)5-11-8-3-4-10(15)14(2)6-8/h8,11H,3-6H2,1-2H3. The van der Waals surface area contributed by atoms with Gasteiger partial charge in [-0.25, -0.2) is 4.63 Å². The predicted molar refractivity (Wildman–Crippen MR) is 56.5 cm³/mol. The van der Waals surface area contributed by atoms with Crippen LogP contribution >= 0.6 is 0 Å². The molecule has 2 rings (SSSR count). The van der Waals surface area contributed by atoms with Gasteiger partial charge in [0.05, 0.1) is 0 Å². The highest BCUT2D eigenvalue weighted by Crippen LogP contribution is 2.10. The molecule has 1 amide bonds. The fourth-order valence-electron chi connectivity index (χ4n) is 1.83. The summed E-state index contributed by atoms with van der Waals surface area (Å²) in [5.41, 5.74) is 1.65. The third-order valence-electron chi connectivity index (χ3n) is 2.93. The Morgan fingerprint density at radius 1 is 1.56 bits per heavy atom. The number of amides is 1. The van der Waals surface area contributed by atoms with E-state index in [1.807, 2.05) is 14.0 Å². The van der Waals surface area contributed by atoms with Gasteiger partial charge in [-0.1, -0.05) is 10.3 Å². The first-order valence-electron chi connectivity index (χ1n) is 5.42. The third-order valence-corrected chi connectivity index (χ3v) is 2.93. The summed E-state index contributed by atoms with van der Waals surface area (Å²) in [4.78, 5) is 13.0. The van der Waals surface area contributed by atoms with Crippen molar-refractivity contribution >= 4 is 5.91 Å². The molecule has 1 saturated heterocycles. The van der Waals surface area contributed by atoms with E-state index < -0.39 is 0 Å². The Balaban J connectivity index is 1.83. The Bertz CT molecular complexity index is 377. The van der Waals surface area contributed by atoms with Crippen LogP contribution in [0.25, 0.3) is 0 Å². The number of rotatable bonds is 3. The van der Waals surface area contributed by atoms with Crippen LogP contribution in [-0.2, 0) is 11.3 Å². The fourth-order valence-corrected chi connectivity index (χ4v) is 1.83. The summed E-state index contributed by atoms with van der Waals surface area (Å²) in [6.07, 6.45) is 1.50. The molecule has 6 nitrogen and oxygen atoms in total. The maximum Gasteiger partial charge on any atom is 0.222 e. The van der Waals surface area contributed by atoms with Crippen molar-refractivity contribution in [1.29, 1.82) is 0 Å². The molecule has 1 unspecified atom stereocenters. The molecule has 1 aliphatic rings. The number of piperidine rings is 1. The molecule has 0 aromatic carbocycles. The van der Waals surface area contributed by atoms with Crippen LogP contribution in [0.1, 0.15) is 24.2 Å². The first kappa shape index (κ1) is 11.1. The quantitative estimate of drug-likeness (QED) is 0.787. The van der Waals surface area contributed by atoms with Crippen LogP contribution in [0.4, 0.5) is 0 Å². The largest absolute Gasteiger partial charge is 0.344 e. The zero-order chi connectivity index (χ0) is 11.5. The van der Waals surface area contributed by atoms with E-state index in [0.29, 0.717) is 19.0 Å². The molecule has 16 heavy (non-hydrogen) atoms. The molecule has 2 heterocycles. The van der Waals surface area contributed by atoms with Gasteiger partial charge < -0.3 is 10.2 Å². The maximum atomic E-state index is 11.3. The number of hydrogen-bond acceptors (Lipinski definition) is 5. The van der Waals surface area contributed by atoms with E-state index in [2.05, 4.69) is 20.3 Å². The molecule has 1 aliphatic heterocycles. The predicted octanol–water partition coefficient (Wildman–Crippen LogP) is 0.0884.